The molecule has 1 saturated heterocycles. The number of rotatable bonds is 2. The van der Waals surface area contributed by atoms with Crippen molar-refractivity contribution in [3.05, 3.63) is 33.8 Å². The Hall–Kier alpha value is -0.0900. The Balaban J connectivity index is 2.32. The fourth-order valence-corrected chi connectivity index (χ4v) is 3.78. The largest absolute Gasteiger partial charge is 0.324 e. The molecule has 1 fully saturated rings. The van der Waals surface area contributed by atoms with Gasteiger partial charge in [-0.15, -0.1) is 23.4 Å². The Morgan fingerprint density at radius 3 is 2.89 bits per heavy atom. The number of nitrogens with zero attached hydrogens (tertiary/aromatic N) is 1. The fraction of sp³-hybridized carbons (Fsp3) is 0.417. The molecule has 6 heteroatoms. The number of carbonyl (C=O) groups excluding carboxylic acids is 1. The van der Waals surface area contributed by atoms with Gasteiger partial charge in [-0.1, -0.05) is 35.3 Å². The van der Waals surface area contributed by atoms with Gasteiger partial charge in [0.1, 0.15) is 10.8 Å². The lowest BCUT2D eigenvalue weighted by Crippen LogP contribution is -2.35. The average Bonchev–Trinajstić information content (AvgIpc) is 2.80. The van der Waals surface area contributed by atoms with E-state index in [1.54, 1.807) is 29.7 Å². The summed E-state index contributed by atoms with van der Waals surface area (Å²) in [5.41, 5.74) is 0.873. The second kappa shape index (κ2) is 5.91. The molecule has 2 nitrogen and oxygen atoms in total. The lowest BCUT2D eigenvalue weighted by molar-refractivity contribution is -0.130. The van der Waals surface area contributed by atoms with Crippen LogP contribution < -0.4 is 0 Å². The van der Waals surface area contributed by atoms with Crippen molar-refractivity contribution in [3.63, 3.8) is 0 Å². The van der Waals surface area contributed by atoms with Gasteiger partial charge in [-0.25, -0.2) is 0 Å². The maximum atomic E-state index is 12.0. The average molecular weight is 325 g/mol. The summed E-state index contributed by atoms with van der Waals surface area (Å²) in [6, 6.07) is 5.48. The standard InChI is InChI=1S/C12H12Cl3NOS/c1-7(13)11(17)16-5-6-18-12(16)8-3-2-4-9(14)10(8)15/h2-4,7,12H,5-6H2,1H3/t7-,12+/m1/s1. The normalized spacial score (nSPS) is 21.1. The van der Waals surface area contributed by atoms with Gasteiger partial charge in [0.2, 0.25) is 5.91 Å². The van der Waals surface area contributed by atoms with Crippen LogP contribution in [0.5, 0.6) is 0 Å². The first-order chi connectivity index (χ1) is 8.52. The second-order valence-corrected chi connectivity index (χ2v) is 6.64. The highest BCUT2D eigenvalue weighted by Crippen LogP contribution is 2.43. The summed E-state index contributed by atoms with van der Waals surface area (Å²) in [4.78, 5) is 13.8. The lowest BCUT2D eigenvalue weighted by atomic mass is 10.2. The van der Waals surface area contributed by atoms with Crippen molar-refractivity contribution in [1.82, 2.24) is 4.90 Å². The third-order valence-electron chi connectivity index (χ3n) is 2.76. The van der Waals surface area contributed by atoms with E-state index in [4.69, 9.17) is 34.8 Å². The minimum atomic E-state index is -0.524. The van der Waals surface area contributed by atoms with Crippen LogP contribution in [0.4, 0.5) is 0 Å². The number of benzene rings is 1. The highest BCUT2D eigenvalue weighted by molar-refractivity contribution is 7.99. The summed E-state index contributed by atoms with van der Waals surface area (Å²) in [5, 5.41) is 0.403. The van der Waals surface area contributed by atoms with E-state index in [9.17, 15) is 4.79 Å². The number of amides is 1. The van der Waals surface area contributed by atoms with E-state index in [1.165, 1.54) is 0 Å². The molecule has 1 aromatic rings. The van der Waals surface area contributed by atoms with Gasteiger partial charge >= 0.3 is 0 Å². The summed E-state index contributed by atoms with van der Waals surface area (Å²) in [6.45, 7) is 2.37. The summed E-state index contributed by atoms with van der Waals surface area (Å²) in [6.07, 6.45) is 0. The first-order valence-electron chi connectivity index (χ1n) is 5.52. The van der Waals surface area contributed by atoms with Crippen LogP contribution in [0.15, 0.2) is 18.2 Å². The van der Waals surface area contributed by atoms with Crippen LogP contribution in [0.25, 0.3) is 0 Å². The van der Waals surface area contributed by atoms with Crippen molar-refractivity contribution in [2.24, 2.45) is 0 Å². The zero-order chi connectivity index (χ0) is 13.3. The van der Waals surface area contributed by atoms with Gasteiger partial charge in [-0.2, -0.15) is 0 Å². The molecule has 0 bridgehead atoms. The van der Waals surface area contributed by atoms with Gasteiger partial charge < -0.3 is 4.90 Å². The Morgan fingerprint density at radius 2 is 2.22 bits per heavy atom. The number of halogens is 3. The quantitative estimate of drug-likeness (QED) is 0.760. The van der Waals surface area contributed by atoms with Crippen molar-refractivity contribution in [2.45, 2.75) is 17.7 Å². The van der Waals surface area contributed by atoms with Crippen molar-refractivity contribution in [2.75, 3.05) is 12.3 Å². The lowest BCUT2D eigenvalue weighted by Gasteiger charge is -2.26. The Kier molecular flexibility index (Phi) is 4.70. The van der Waals surface area contributed by atoms with Crippen LogP contribution in [0.2, 0.25) is 10.0 Å². The van der Waals surface area contributed by atoms with Crippen LogP contribution >= 0.6 is 46.6 Å². The number of alkyl halides is 1. The fourth-order valence-electron chi connectivity index (χ4n) is 1.89. The van der Waals surface area contributed by atoms with Crippen molar-refractivity contribution in [1.29, 1.82) is 0 Å². The Bertz CT molecular complexity index is 467. The number of carbonyl (C=O) groups is 1. The molecule has 0 radical (unpaired) electrons. The maximum absolute atomic E-state index is 12.0. The van der Waals surface area contributed by atoms with Gasteiger partial charge in [-0.3, -0.25) is 4.79 Å². The van der Waals surface area contributed by atoms with Crippen LogP contribution in [0.1, 0.15) is 17.9 Å². The van der Waals surface area contributed by atoms with Crippen LogP contribution in [-0.2, 0) is 4.79 Å². The smallest absolute Gasteiger partial charge is 0.241 e. The maximum Gasteiger partial charge on any atom is 0.241 e. The van der Waals surface area contributed by atoms with Crippen LogP contribution in [-0.4, -0.2) is 28.5 Å². The molecular formula is C12H12Cl3NOS. The highest BCUT2D eigenvalue weighted by atomic mass is 35.5. The van der Waals surface area contributed by atoms with Gasteiger partial charge in [0, 0.05) is 17.9 Å². The molecule has 0 saturated carbocycles. The first-order valence-corrected chi connectivity index (χ1v) is 7.76. The molecule has 0 aliphatic carbocycles. The molecule has 1 aliphatic heterocycles. The van der Waals surface area contributed by atoms with Crippen molar-refractivity contribution in [3.8, 4) is 0 Å². The van der Waals surface area contributed by atoms with Gasteiger partial charge in [0.25, 0.3) is 0 Å². The molecule has 0 N–H and O–H groups in total. The van der Waals surface area contributed by atoms with Gasteiger partial charge in [0.05, 0.1) is 10.0 Å². The molecule has 0 unspecified atom stereocenters. The minimum absolute atomic E-state index is 0.0669. The van der Waals surface area contributed by atoms with Crippen LogP contribution in [0.3, 0.4) is 0 Å². The van der Waals surface area contributed by atoms with E-state index < -0.39 is 5.38 Å². The molecular weight excluding hydrogens is 313 g/mol. The number of hydrogen-bond acceptors (Lipinski definition) is 2. The second-order valence-electron chi connectivity index (χ2n) is 4.01. The zero-order valence-electron chi connectivity index (χ0n) is 9.70. The van der Waals surface area contributed by atoms with Gasteiger partial charge in [0.15, 0.2) is 0 Å². The summed E-state index contributed by atoms with van der Waals surface area (Å²) >= 11 is 19.8. The summed E-state index contributed by atoms with van der Waals surface area (Å²) < 4.78 is 0. The molecule has 0 spiro atoms. The first kappa shape index (κ1) is 14.3. The molecule has 2 atom stereocenters. The van der Waals surface area contributed by atoms with E-state index in [-0.39, 0.29) is 11.3 Å². The third-order valence-corrected chi connectivity index (χ3v) is 5.02. The molecule has 1 heterocycles. The number of thioether (sulfide) groups is 1. The monoisotopic (exact) mass is 323 g/mol. The van der Waals surface area contributed by atoms with Crippen molar-refractivity contribution >= 4 is 52.5 Å². The Morgan fingerprint density at radius 1 is 1.50 bits per heavy atom. The molecule has 1 aromatic carbocycles. The van der Waals surface area contributed by atoms with E-state index >= 15 is 0 Å². The summed E-state index contributed by atoms with van der Waals surface area (Å²) in [5.74, 6) is 0.811. The summed E-state index contributed by atoms with van der Waals surface area (Å²) in [7, 11) is 0. The molecule has 2 rings (SSSR count). The minimum Gasteiger partial charge on any atom is -0.324 e. The molecule has 1 aliphatic rings. The zero-order valence-corrected chi connectivity index (χ0v) is 12.8. The number of hydrogen-bond donors (Lipinski definition) is 0. The Labute approximate surface area is 126 Å². The molecule has 98 valence electrons. The van der Waals surface area contributed by atoms with Crippen LogP contribution in [0, 0.1) is 0 Å². The van der Waals surface area contributed by atoms with E-state index in [2.05, 4.69) is 0 Å². The van der Waals surface area contributed by atoms with Gasteiger partial charge in [-0.05, 0) is 13.0 Å². The third kappa shape index (κ3) is 2.74. The molecule has 18 heavy (non-hydrogen) atoms. The molecule has 1 amide bonds. The predicted molar refractivity (Wildman–Crippen MR) is 78.7 cm³/mol. The topological polar surface area (TPSA) is 20.3 Å². The van der Waals surface area contributed by atoms with E-state index in [0.29, 0.717) is 16.6 Å². The highest BCUT2D eigenvalue weighted by Gasteiger charge is 2.33. The van der Waals surface area contributed by atoms with Crippen molar-refractivity contribution < 1.29 is 4.79 Å². The predicted octanol–water partition coefficient (Wildman–Crippen LogP) is 4.19. The van der Waals surface area contributed by atoms with E-state index in [1.807, 2.05) is 12.1 Å². The molecule has 0 aromatic heterocycles. The van der Waals surface area contributed by atoms with E-state index in [0.717, 1.165) is 11.3 Å². The SMILES string of the molecule is C[C@@H](Cl)C(=O)N1CCS[C@H]1c1cccc(Cl)c1Cl.